The van der Waals surface area contributed by atoms with E-state index in [1.165, 1.54) is 4.31 Å². The third-order valence-electron chi connectivity index (χ3n) is 5.40. The maximum atomic E-state index is 14.1. The summed E-state index contributed by atoms with van der Waals surface area (Å²) in [6.45, 7) is 1.91. The van der Waals surface area contributed by atoms with Crippen molar-refractivity contribution >= 4 is 27.2 Å². The van der Waals surface area contributed by atoms with Gasteiger partial charge in [-0.05, 0) is 67.6 Å². The standard InChI is InChI=1S/C28H26N2O4S/c1-21-9-19-27(20-10-21)35(31,32)30(24-13-17-26(34-3)18-14-24)28(22-7-5-4-6-8-22)29-23-11-15-25(33-2)16-12-23/h4-20H,1-3H3. The smallest absolute Gasteiger partial charge is 0.269 e. The lowest BCUT2D eigenvalue weighted by atomic mass is 10.2. The number of aryl methyl sites for hydroxylation is 1. The van der Waals surface area contributed by atoms with Gasteiger partial charge in [-0.2, -0.15) is 0 Å². The Morgan fingerprint density at radius 2 is 1.26 bits per heavy atom. The van der Waals surface area contributed by atoms with Crippen LogP contribution >= 0.6 is 0 Å². The molecule has 0 spiro atoms. The molecule has 0 saturated heterocycles. The van der Waals surface area contributed by atoms with Crippen LogP contribution in [0.5, 0.6) is 11.5 Å². The second kappa shape index (κ2) is 10.4. The van der Waals surface area contributed by atoms with Gasteiger partial charge in [0.2, 0.25) is 0 Å². The normalized spacial score (nSPS) is 11.7. The van der Waals surface area contributed by atoms with Gasteiger partial charge in [-0.3, -0.25) is 0 Å². The summed E-state index contributed by atoms with van der Waals surface area (Å²) in [4.78, 5) is 4.97. The van der Waals surface area contributed by atoms with Crippen molar-refractivity contribution in [2.75, 3.05) is 18.5 Å². The molecule has 35 heavy (non-hydrogen) atoms. The number of methoxy groups -OCH3 is 2. The lowest BCUT2D eigenvalue weighted by Crippen LogP contribution is -2.37. The van der Waals surface area contributed by atoms with Crippen molar-refractivity contribution in [1.29, 1.82) is 0 Å². The Bertz CT molecular complexity index is 1400. The molecule has 0 aliphatic rings. The van der Waals surface area contributed by atoms with Crippen LogP contribution in [-0.4, -0.2) is 28.5 Å². The molecule has 178 valence electrons. The monoisotopic (exact) mass is 486 g/mol. The molecule has 0 heterocycles. The molecule has 4 aromatic rings. The van der Waals surface area contributed by atoms with Crippen molar-refractivity contribution in [2.24, 2.45) is 4.99 Å². The fourth-order valence-electron chi connectivity index (χ4n) is 3.50. The molecule has 0 fully saturated rings. The molecule has 0 aliphatic heterocycles. The molecule has 0 amide bonds. The van der Waals surface area contributed by atoms with Crippen molar-refractivity contribution in [3.05, 3.63) is 114 Å². The van der Waals surface area contributed by atoms with Gasteiger partial charge in [0.25, 0.3) is 10.0 Å². The van der Waals surface area contributed by atoms with E-state index < -0.39 is 10.0 Å². The zero-order chi connectivity index (χ0) is 24.8. The first-order valence-corrected chi connectivity index (χ1v) is 12.4. The molecule has 0 atom stereocenters. The highest BCUT2D eigenvalue weighted by Gasteiger charge is 2.30. The van der Waals surface area contributed by atoms with Crippen molar-refractivity contribution in [1.82, 2.24) is 0 Å². The highest BCUT2D eigenvalue weighted by atomic mass is 32.2. The number of ether oxygens (including phenoxy) is 2. The average Bonchev–Trinajstić information content (AvgIpc) is 2.90. The zero-order valence-corrected chi connectivity index (χ0v) is 20.6. The molecule has 0 bridgehead atoms. The van der Waals surface area contributed by atoms with Gasteiger partial charge < -0.3 is 9.47 Å². The second-order valence-corrected chi connectivity index (χ2v) is 9.57. The van der Waals surface area contributed by atoms with Crippen LogP contribution in [0.15, 0.2) is 113 Å². The third kappa shape index (κ3) is 5.36. The summed E-state index contributed by atoms with van der Waals surface area (Å²) in [6, 6.07) is 30.0. The van der Waals surface area contributed by atoms with Crippen LogP contribution < -0.4 is 13.8 Å². The van der Waals surface area contributed by atoms with Gasteiger partial charge in [0, 0.05) is 5.56 Å². The zero-order valence-electron chi connectivity index (χ0n) is 19.8. The van der Waals surface area contributed by atoms with Gasteiger partial charge in [0.1, 0.15) is 11.5 Å². The number of nitrogens with zero attached hydrogens (tertiary/aromatic N) is 2. The van der Waals surface area contributed by atoms with E-state index in [1.807, 2.05) is 37.3 Å². The van der Waals surface area contributed by atoms with Crippen molar-refractivity contribution in [3.8, 4) is 11.5 Å². The maximum Gasteiger partial charge on any atom is 0.269 e. The molecule has 0 N–H and O–H groups in total. The molecule has 7 heteroatoms. The van der Waals surface area contributed by atoms with Crippen LogP contribution in [0.3, 0.4) is 0 Å². The quantitative estimate of drug-likeness (QED) is 0.238. The minimum atomic E-state index is -4.03. The molecular formula is C28H26N2O4S. The summed E-state index contributed by atoms with van der Waals surface area (Å²) in [5, 5.41) is 0. The second-order valence-electron chi connectivity index (χ2n) is 7.78. The predicted molar refractivity (Wildman–Crippen MR) is 139 cm³/mol. The average molecular weight is 487 g/mol. The first-order chi connectivity index (χ1) is 16.9. The van der Waals surface area contributed by atoms with Crippen LogP contribution in [-0.2, 0) is 10.0 Å². The Kier molecular flexibility index (Phi) is 7.17. The SMILES string of the molecule is COc1ccc(N=C(c2ccccc2)N(c2ccc(OC)cc2)S(=O)(=O)c2ccc(C)cc2)cc1. The highest BCUT2D eigenvalue weighted by molar-refractivity contribution is 7.93. The van der Waals surface area contributed by atoms with Gasteiger partial charge in [-0.1, -0.05) is 48.0 Å². The number of benzene rings is 4. The molecule has 0 saturated carbocycles. The maximum absolute atomic E-state index is 14.1. The summed E-state index contributed by atoms with van der Waals surface area (Å²) < 4.78 is 40.0. The van der Waals surface area contributed by atoms with E-state index in [-0.39, 0.29) is 10.7 Å². The number of hydrogen-bond donors (Lipinski definition) is 0. The number of sulfonamides is 1. The Morgan fingerprint density at radius 3 is 1.80 bits per heavy atom. The lowest BCUT2D eigenvalue weighted by molar-refractivity contribution is 0.415. The fraction of sp³-hybridized carbons (Fsp3) is 0.107. The van der Waals surface area contributed by atoms with Gasteiger partial charge in [-0.25, -0.2) is 17.7 Å². The summed E-state index contributed by atoms with van der Waals surface area (Å²) in [5.41, 5.74) is 2.63. The molecular weight excluding hydrogens is 460 g/mol. The highest BCUT2D eigenvalue weighted by Crippen LogP contribution is 2.30. The Balaban J connectivity index is 1.96. The molecule has 0 aromatic heterocycles. The van der Waals surface area contributed by atoms with E-state index in [4.69, 9.17) is 14.5 Å². The van der Waals surface area contributed by atoms with E-state index >= 15 is 0 Å². The van der Waals surface area contributed by atoms with Crippen LogP contribution in [0.25, 0.3) is 0 Å². The predicted octanol–water partition coefficient (Wildman–Crippen LogP) is 5.99. The summed E-state index contributed by atoms with van der Waals surface area (Å²) in [6.07, 6.45) is 0. The van der Waals surface area contributed by atoms with Gasteiger partial charge in [0.15, 0.2) is 5.84 Å². The van der Waals surface area contributed by atoms with Crippen LogP contribution in [0, 0.1) is 6.92 Å². The number of anilines is 1. The van der Waals surface area contributed by atoms with Gasteiger partial charge in [0.05, 0.1) is 30.5 Å². The van der Waals surface area contributed by atoms with Crippen LogP contribution in [0.1, 0.15) is 11.1 Å². The van der Waals surface area contributed by atoms with Gasteiger partial charge in [-0.15, -0.1) is 0 Å². The first-order valence-electron chi connectivity index (χ1n) is 11.0. The Labute approximate surface area is 206 Å². The van der Waals surface area contributed by atoms with Gasteiger partial charge >= 0.3 is 0 Å². The van der Waals surface area contributed by atoms with Crippen LogP contribution in [0.2, 0.25) is 0 Å². The fourth-order valence-corrected chi connectivity index (χ4v) is 4.97. The summed E-state index contributed by atoms with van der Waals surface area (Å²) >= 11 is 0. The Morgan fingerprint density at radius 1 is 0.714 bits per heavy atom. The summed E-state index contributed by atoms with van der Waals surface area (Å²) in [7, 11) is -0.877. The number of hydrogen-bond acceptors (Lipinski definition) is 5. The third-order valence-corrected chi connectivity index (χ3v) is 7.13. The van der Waals surface area contributed by atoms with E-state index in [0.717, 1.165) is 5.56 Å². The lowest BCUT2D eigenvalue weighted by Gasteiger charge is -2.26. The number of amidine groups is 1. The molecule has 4 aromatic carbocycles. The topological polar surface area (TPSA) is 68.2 Å². The molecule has 4 rings (SSSR count). The van der Waals surface area contributed by atoms with E-state index in [2.05, 4.69) is 0 Å². The van der Waals surface area contributed by atoms with Crippen molar-refractivity contribution in [2.45, 2.75) is 11.8 Å². The van der Waals surface area contributed by atoms with E-state index in [9.17, 15) is 8.42 Å². The first kappa shape index (κ1) is 24.0. The molecule has 6 nitrogen and oxygen atoms in total. The van der Waals surface area contributed by atoms with Crippen molar-refractivity contribution in [3.63, 3.8) is 0 Å². The van der Waals surface area contributed by atoms with Crippen LogP contribution in [0.4, 0.5) is 11.4 Å². The Hall–Kier alpha value is -4.10. The summed E-state index contributed by atoms with van der Waals surface area (Å²) in [5.74, 6) is 1.57. The molecule has 0 unspecified atom stereocenters. The number of aliphatic imine (C=N–C) groups is 1. The largest absolute Gasteiger partial charge is 0.497 e. The molecule has 0 aliphatic carbocycles. The number of rotatable bonds is 7. The molecule has 0 radical (unpaired) electrons. The minimum absolute atomic E-state index is 0.164. The van der Waals surface area contributed by atoms with Crippen molar-refractivity contribution < 1.29 is 17.9 Å². The van der Waals surface area contributed by atoms with E-state index in [1.54, 1.807) is 87.0 Å². The minimum Gasteiger partial charge on any atom is -0.497 e. The van der Waals surface area contributed by atoms with E-state index in [0.29, 0.717) is 28.4 Å².